The Morgan fingerprint density at radius 3 is 3.05 bits per heavy atom. The Bertz CT molecular complexity index is 764. The molecule has 1 atom stereocenters. The van der Waals surface area contributed by atoms with Crippen LogP contribution in [-0.4, -0.2) is 11.5 Å². The van der Waals surface area contributed by atoms with Crippen molar-refractivity contribution >= 4 is 34.1 Å². The summed E-state index contributed by atoms with van der Waals surface area (Å²) in [6, 6.07) is 3.78. The van der Waals surface area contributed by atoms with Gasteiger partial charge in [0, 0.05) is 17.5 Å². The molecule has 5 heteroatoms. The average Bonchev–Trinajstić information content (AvgIpc) is 3.04. The second-order valence-corrected chi connectivity index (χ2v) is 5.70. The van der Waals surface area contributed by atoms with Gasteiger partial charge in [0.15, 0.2) is 6.39 Å². The third-order valence-corrected chi connectivity index (χ3v) is 4.06. The SMILES string of the molecule is CC1Cc2coc3ccc(Cl)c(c23)N(c2cnco2)C1. The van der Waals surface area contributed by atoms with Crippen molar-refractivity contribution < 1.29 is 8.83 Å². The Morgan fingerprint density at radius 1 is 1.35 bits per heavy atom. The highest BCUT2D eigenvalue weighted by molar-refractivity contribution is 6.35. The van der Waals surface area contributed by atoms with Crippen LogP contribution in [0.15, 0.2) is 39.8 Å². The molecule has 2 aromatic heterocycles. The molecule has 4 nitrogen and oxygen atoms in total. The maximum Gasteiger partial charge on any atom is 0.220 e. The van der Waals surface area contributed by atoms with Gasteiger partial charge < -0.3 is 13.7 Å². The lowest BCUT2D eigenvalue weighted by molar-refractivity contribution is 0.522. The molecule has 1 aliphatic heterocycles. The lowest BCUT2D eigenvalue weighted by Crippen LogP contribution is -2.23. The van der Waals surface area contributed by atoms with Gasteiger partial charge in [-0.2, -0.15) is 0 Å². The molecule has 0 amide bonds. The normalized spacial score (nSPS) is 18.5. The maximum atomic E-state index is 6.45. The summed E-state index contributed by atoms with van der Waals surface area (Å²) >= 11 is 6.45. The number of hydrogen-bond donors (Lipinski definition) is 0. The van der Waals surface area contributed by atoms with Crippen LogP contribution in [0, 0.1) is 5.92 Å². The molecule has 0 fully saturated rings. The maximum absolute atomic E-state index is 6.45. The van der Waals surface area contributed by atoms with E-state index in [0.29, 0.717) is 16.8 Å². The number of anilines is 2. The van der Waals surface area contributed by atoms with Crippen molar-refractivity contribution in [2.75, 3.05) is 11.4 Å². The van der Waals surface area contributed by atoms with Crippen LogP contribution in [-0.2, 0) is 6.42 Å². The molecular weight excluding hydrogens is 276 g/mol. The minimum atomic E-state index is 0.462. The van der Waals surface area contributed by atoms with Crippen LogP contribution < -0.4 is 4.90 Å². The second kappa shape index (κ2) is 4.28. The van der Waals surface area contributed by atoms with Crippen LogP contribution in [0.3, 0.4) is 0 Å². The monoisotopic (exact) mass is 288 g/mol. The summed E-state index contributed by atoms with van der Waals surface area (Å²) < 4.78 is 11.1. The van der Waals surface area contributed by atoms with Crippen molar-refractivity contribution in [3.63, 3.8) is 0 Å². The zero-order valence-corrected chi connectivity index (χ0v) is 11.7. The molecule has 0 saturated heterocycles. The Hall–Kier alpha value is -1.94. The molecule has 0 saturated carbocycles. The molecule has 0 spiro atoms. The zero-order chi connectivity index (χ0) is 13.7. The average molecular weight is 289 g/mol. The highest BCUT2D eigenvalue weighted by Crippen LogP contribution is 2.43. The van der Waals surface area contributed by atoms with Gasteiger partial charge in [-0.3, -0.25) is 0 Å². The van der Waals surface area contributed by atoms with Gasteiger partial charge in [0.2, 0.25) is 5.88 Å². The topological polar surface area (TPSA) is 42.4 Å². The molecule has 1 unspecified atom stereocenters. The first-order valence-electron chi connectivity index (χ1n) is 6.58. The fourth-order valence-corrected chi connectivity index (χ4v) is 3.21. The summed E-state index contributed by atoms with van der Waals surface area (Å²) in [6.07, 6.45) is 5.96. The fourth-order valence-electron chi connectivity index (χ4n) is 2.95. The highest BCUT2D eigenvalue weighted by atomic mass is 35.5. The first-order valence-corrected chi connectivity index (χ1v) is 6.96. The number of rotatable bonds is 1. The number of hydrogen-bond acceptors (Lipinski definition) is 4. The van der Waals surface area contributed by atoms with Crippen LogP contribution in [0.25, 0.3) is 11.0 Å². The number of nitrogens with zero attached hydrogens (tertiary/aromatic N) is 2. The minimum Gasteiger partial charge on any atom is -0.464 e. The molecule has 20 heavy (non-hydrogen) atoms. The van der Waals surface area contributed by atoms with Gasteiger partial charge in [-0.15, -0.1) is 0 Å². The standard InChI is InChI=1S/C15H13ClN2O2/c1-9-4-10-7-19-12-3-2-11(16)15(14(10)12)18(6-9)13-5-17-8-20-13/h2-3,5,7-9H,4,6H2,1H3. The molecule has 4 rings (SSSR count). The van der Waals surface area contributed by atoms with Crippen LogP contribution >= 0.6 is 11.6 Å². The van der Waals surface area contributed by atoms with Crippen molar-refractivity contribution in [1.82, 2.24) is 4.98 Å². The Balaban J connectivity index is 2.04. The van der Waals surface area contributed by atoms with Gasteiger partial charge >= 0.3 is 0 Å². The van der Waals surface area contributed by atoms with Crippen LogP contribution in [0.2, 0.25) is 5.02 Å². The van der Waals surface area contributed by atoms with Gasteiger partial charge in [-0.25, -0.2) is 4.98 Å². The lowest BCUT2D eigenvalue weighted by Gasteiger charge is -2.24. The molecule has 1 aliphatic rings. The minimum absolute atomic E-state index is 0.462. The van der Waals surface area contributed by atoms with E-state index in [9.17, 15) is 0 Å². The van der Waals surface area contributed by atoms with Crippen molar-refractivity contribution in [3.8, 4) is 0 Å². The molecule has 0 N–H and O–H groups in total. The number of aromatic nitrogens is 1. The predicted octanol–water partition coefficient (Wildman–Crippen LogP) is 4.40. The van der Waals surface area contributed by atoms with E-state index in [1.807, 2.05) is 18.4 Å². The predicted molar refractivity (Wildman–Crippen MR) is 77.6 cm³/mol. The van der Waals surface area contributed by atoms with Gasteiger partial charge in [-0.05, 0) is 24.5 Å². The van der Waals surface area contributed by atoms with Gasteiger partial charge in [0.05, 0.1) is 23.2 Å². The number of oxazole rings is 1. The molecule has 0 radical (unpaired) electrons. The van der Waals surface area contributed by atoms with E-state index >= 15 is 0 Å². The Kier molecular flexibility index (Phi) is 2.54. The molecule has 102 valence electrons. The van der Waals surface area contributed by atoms with E-state index < -0.39 is 0 Å². The molecule has 3 heterocycles. The van der Waals surface area contributed by atoms with E-state index in [1.54, 1.807) is 6.20 Å². The van der Waals surface area contributed by atoms with Gasteiger partial charge in [0.1, 0.15) is 5.58 Å². The van der Waals surface area contributed by atoms with E-state index in [4.69, 9.17) is 20.4 Å². The molecular formula is C15H13ClN2O2. The summed E-state index contributed by atoms with van der Waals surface area (Å²) in [6.45, 7) is 3.05. The van der Waals surface area contributed by atoms with Crippen molar-refractivity contribution in [2.45, 2.75) is 13.3 Å². The molecule has 3 aromatic rings. The summed E-state index contributed by atoms with van der Waals surface area (Å²) in [5, 5.41) is 1.78. The second-order valence-electron chi connectivity index (χ2n) is 5.29. The van der Waals surface area contributed by atoms with Gasteiger partial charge in [0.25, 0.3) is 0 Å². The quantitative estimate of drug-likeness (QED) is 0.665. The number of benzene rings is 1. The first-order chi connectivity index (χ1) is 9.74. The largest absolute Gasteiger partial charge is 0.464 e. The summed E-state index contributed by atoms with van der Waals surface area (Å²) in [4.78, 5) is 6.11. The zero-order valence-electron chi connectivity index (χ0n) is 11.0. The van der Waals surface area contributed by atoms with E-state index in [1.165, 1.54) is 12.0 Å². The first kappa shape index (κ1) is 11.9. The summed E-state index contributed by atoms with van der Waals surface area (Å²) in [5.41, 5.74) is 3.01. The number of halogens is 1. The number of furan rings is 1. The van der Waals surface area contributed by atoms with Crippen molar-refractivity contribution in [3.05, 3.63) is 41.6 Å². The van der Waals surface area contributed by atoms with Crippen LogP contribution in [0.5, 0.6) is 0 Å². The Morgan fingerprint density at radius 2 is 2.25 bits per heavy atom. The summed E-state index contributed by atoms with van der Waals surface area (Å²) in [7, 11) is 0. The molecule has 0 aliphatic carbocycles. The van der Waals surface area contributed by atoms with Crippen LogP contribution in [0.4, 0.5) is 11.6 Å². The van der Waals surface area contributed by atoms with Crippen molar-refractivity contribution in [2.24, 2.45) is 5.92 Å². The smallest absolute Gasteiger partial charge is 0.220 e. The van der Waals surface area contributed by atoms with Crippen molar-refractivity contribution in [1.29, 1.82) is 0 Å². The molecule has 0 bridgehead atoms. The van der Waals surface area contributed by atoms with E-state index in [-0.39, 0.29) is 0 Å². The third-order valence-electron chi connectivity index (χ3n) is 3.76. The third kappa shape index (κ3) is 1.64. The fraction of sp³-hybridized carbons (Fsp3) is 0.267. The highest BCUT2D eigenvalue weighted by Gasteiger charge is 2.27. The lowest BCUT2D eigenvalue weighted by atomic mass is 10.0. The van der Waals surface area contributed by atoms with E-state index in [2.05, 4.69) is 16.8 Å². The van der Waals surface area contributed by atoms with Crippen LogP contribution in [0.1, 0.15) is 12.5 Å². The summed E-state index contributed by atoms with van der Waals surface area (Å²) in [5.74, 6) is 1.17. The van der Waals surface area contributed by atoms with E-state index in [0.717, 1.165) is 29.6 Å². The Labute approximate surface area is 120 Å². The molecule has 1 aromatic carbocycles. The van der Waals surface area contributed by atoms with Gasteiger partial charge in [-0.1, -0.05) is 18.5 Å².